The van der Waals surface area contributed by atoms with Crippen LogP contribution in [0.25, 0.3) is 0 Å². The molecular formula is C23H27Cl2N3O3. The molecule has 0 aliphatic carbocycles. The van der Waals surface area contributed by atoms with Crippen LogP contribution in [0.1, 0.15) is 24.8 Å². The molecule has 1 fully saturated rings. The Hall–Kier alpha value is -1.99. The number of carbonyl (C=O) groups excluding carboxylic acids is 1. The number of amides is 1. The fourth-order valence-corrected chi connectivity index (χ4v) is 4.58. The Labute approximate surface area is 192 Å². The first-order valence-corrected chi connectivity index (χ1v) is 11.5. The number of hydrogen-bond acceptors (Lipinski definition) is 4. The minimum absolute atomic E-state index is 0.0480. The Bertz CT molecular complexity index is 946. The molecule has 1 N–H and O–H groups in total. The molecule has 0 atom stereocenters. The lowest BCUT2D eigenvalue weighted by molar-refractivity contribution is -0.881. The van der Waals surface area contributed by atoms with Crippen molar-refractivity contribution in [1.29, 1.82) is 0 Å². The lowest BCUT2D eigenvalue weighted by Crippen LogP contribution is -2.56. The molecule has 8 heteroatoms. The molecular weight excluding hydrogens is 437 g/mol. The first kappa shape index (κ1) is 22.2. The van der Waals surface area contributed by atoms with Gasteiger partial charge in [0.15, 0.2) is 0 Å². The van der Waals surface area contributed by atoms with E-state index in [9.17, 15) is 10.0 Å². The van der Waals surface area contributed by atoms with Crippen molar-refractivity contribution in [2.75, 3.05) is 49.5 Å². The number of piperazine rings is 1. The summed E-state index contributed by atoms with van der Waals surface area (Å²) in [6.07, 6.45) is 2.93. The molecule has 2 aliphatic heterocycles. The first-order chi connectivity index (χ1) is 14.9. The summed E-state index contributed by atoms with van der Waals surface area (Å²) in [5.41, 5.74) is 2.88. The number of benzene rings is 2. The van der Waals surface area contributed by atoms with Crippen molar-refractivity contribution in [2.45, 2.75) is 25.7 Å². The summed E-state index contributed by atoms with van der Waals surface area (Å²) >= 11 is 12.4. The van der Waals surface area contributed by atoms with Crippen molar-refractivity contribution < 1.29 is 14.2 Å². The third kappa shape index (κ3) is 5.44. The lowest BCUT2D eigenvalue weighted by atomic mass is 10.0. The van der Waals surface area contributed by atoms with Crippen LogP contribution in [0.4, 0.5) is 11.4 Å². The van der Waals surface area contributed by atoms with Crippen LogP contribution in [0.2, 0.25) is 10.0 Å². The predicted molar refractivity (Wildman–Crippen MR) is 125 cm³/mol. The summed E-state index contributed by atoms with van der Waals surface area (Å²) in [7, 11) is 0. The zero-order valence-electron chi connectivity index (χ0n) is 17.4. The van der Waals surface area contributed by atoms with Crippen LogP contribution in [0.15, 0.2) is 36.4 Å². The molecule has 2 heterocycles. The molecule has 166 valence electrons. The van der Waals surface area contributed by atoms with Crippen molar-refractivity contribution in [2.24, 2.45) is 0 Å². The van der Waals surface area contributed by atoms with Crippen LogP contribution in [-0.2, 0) is 11.2 Å². The van der Waals surface area contributed by atoms with Gasteiger partial charge >= 0.3 is 0 Å². The van der Waals surface area contributed by atoms with Gasteiger partial charge in [0.25, 0.3) is 0 Å². The monoisotopic (exact) mass is 463 g/mol. The number of ether oxygens (including phenoxy) is 1. The molecule has 2 aliphatic rings. The van der Waals surface area contributed by atoms with Gasteiger partial charge in [0.1, 0.15) is 5.75 Å². The number of halogens is 2. The van der Waals surface area contributed by atoms with Crippen LogP contribution in [-0.4, -0.2) is 49.9 Å². The number of fused-ring (bicyclic) bond motifs is 1. The second-order valence-electron chi connectivity index (χ2n) is 8.21. The zero-order chi connectivity index (χ0) is 21.8. The Morgan fingerprint density at radius 3 is 2.71 bits per heavy atom. The largest absolute Gasteiger partial charge is 0.633 e. The van der Waals surface area contributed by atoms with E-state index in [-0.39, 0.29) is 10.6 Å². The number of aryl methyl sites for hydroxylation is 1. The topological polar surface area (TPSA) is 64.6 Å². The maximum absolute atomic E-state index is 13.0. The van der Waals surface area contributed by atoms with E-state index in [1.165, 1.54) is 0 Å². The van der Waals surface area contributed by atoms with E-state index < -0.39 is 0 Å². The van der Waals surface area contributed by atoms with Gasteiger partial charge in [0, 0.05) is 24.6 Å². The highest BCUT2D eigenvalue weighted by Crippen LogP contribution is 2.33. The second kappa shape index (κ2) is 9.65. The van der Waals surface area contributed by atoms with E-state index in [2.05, 4.69) is 10.2 Å². The van der Waals surface area contributed by atoms with Gasteiger partial charge in [0.05, 0.1) is 55.1 Å². The van der Waals surface area contributed by atoms with Gasteiger partial charge in [-0.15, -0.1) is 0 Å². The number of rotatable bonds is 7. The van der Waals surface area contributed by atoms with Crippen molar-refractivity contribution in [3.63, 3.8) is 0 Å². The molecule has 1 amide bonds. The van der Waals surface area contributed by atoms with Crippen LogP contribution in [0.5, 0.6) is 5.75 Å². The van der Waals surface area contributed by atoms with E-state index >= 15 is 0 Å². The van der Waals surface area contributed by atoms with Gasteiger partial charge in [0.2, 0.25) is 5.91 Å². The highest BCUT2D eigenvalue weighted by molar-refractivity contribution is 6.43. The van der Waals surface area contributed by atoms with Gasteiger partial charge < -0.3 is 24.8 Å². The number of hydrogen-bond donors (Lipinski definition) is 1. The zero-order valence-corrected chi connectivity index (χ0v) is 18.9. The average Bonchev–Trinajstić information content (AvgIpc) is 2.76. The van der Waals surface area contributed by atoms with E-state index in [0.717, 1.165) is 42.0 Å². The molecule has 0 spiro atoms. The average molecular weight is 464 g/mol. The smallest absolute Gasteiger partial charge is 0.224 e. The number of quaternary nitrogens is 1. The maximum Gasteiger partial charge on any atom is 0.224 e. The highest BCUT2D eigenvalue weighted by atomic mass is 35.5. The quantitative estimate of drug-likeness (QED) is 0.361. The van der Waals surface area contributed by atoms with Crippen LogP contribution >= 0.6 is 23.2 Å². The van der Waals surface area contributed by atoms with Crippen LogP contribution in [0, 0.1) is 5.21 Å². The number of hydroxylamine groups is 3. The summed E-state index contributed by atoms with van der Waals surface area (Å²) in [5.74, 6) is 0.797. The molecule has 0 bridgehead atoms. The fraction of sp³-hybridized carbons (Fsp3) is 0.435. The van der Waals surface area contributed by atoms with Crippen LogP contribution in [0.3, 0.4) is 0 Å². The predicted octanol–water partition coefficient (Wildman–Crippen LogP) is 4.87. The Kier molecular flexibility index (Phi) is 6.92. The van der Waals surface area contributed by atoms with Crippen molar-refractivity contribution in [3.8, 4) is 5.75 Å². The Morgan fingerprint density at radius 2 is 1.90 bits per heavy atom. The number of unbranched alkanes of at least 4 members (excludes halogenated alkanes) is 1. The summed E-state index contributed by atoms with van der Waals surface area (Å²) in [5, 5.41) is 17.0. The number of nitrogens with zero attached hydrogens (tertiary/aromatic N) is 2. The van der Waals surface area contributed by atoms with Gasteiger partial charge in [-0.05, 0) is 36.6 Å². The molecule has 31 heavy (non-hydrogen) atoms. The third-order valence-corrected chi connectivity index (χ3v) is 6.84. The van der Waals surface area contributed by atoms with Crippen molar-refractivity contribution >= 4 is 40.5 Å². The molecule has 6 nitrogen and oxygen atoms in total. The van der Waals surface area contributed by atoms with Gasteiger partial charge in [-0.3, -0.25) is 4.79 Å². The van der Waals surface area contributed by atoms with Crippen molar-refractivity contribution in [3.05, 3.63) is 57.2 Å². The van der Waals surface area contributed by atoms with Crippen LogP contribution < -0.4 is 15.0 Å². The SMILES string of the molecule is O=C1CCc2ccc(OCCCC[N+]3([O-])CCN(c4cccc(Cl)c4Cl)CC3)cc2N1. The minimum atomic E-state index is -0.181. The van der Waals surface area contributed by atoms with E-state index in [1.807, 2.05) is 30.3 Å². The number of carbonyl (C=O) groups is 1. The molecule has 1 saturated heterocycles. The molecule has 4 rings (SSSR count). The second-order valence-corrected chi connectivity index (χ2v) is 9.00. The molecule has 0 saturated carbocycles. The molecule has 2 aromatic rings. The standard InChI is InChI=1S/C23H27Cl2N3O3/c24-19-4-3-5-21(23(19)25)27-10-13-28(30,14-11-27)12-1-2-15-31-18-8-6-17-7-9-22(29)26-20(17)16-18/h3-6,8,16H,1-2,7,9-15H2,(H,26,29). The molecule has 0 radical (unpaired) electrons. The summed E-state index contributed by atoms with van der Waals surface area (Å²) < 4.78 is 5.65. The first-order valence-electron chi connectivity index (χ1n) is 10.8. The van der Waals surface area contributed by atoms with E-state index in [4.69, 9.17) is 27.9 Å². The Morgan fingerprint density at radius 1 is 1.10 bits per heavy atom. The summed E-state index contributed by atoms with van der Waals surface area (Å²) in [4.78, 5) is 13.7. The Balaban J connectivity index is 1.20. The summed E-state index contributed by atoms with van der Waals surface area (Å²) in [6.45, 7) is 3.54. The van der Waals surface area contributed by atoms with Gasteiger partial charge in [-0.1, -0.05) is 35.3 Å². The number of nitrogens with one attached hydrogen (secondary N) is 1. The van der Waals surface area contributed by atoms with Crippen molar-refractivity contribution in [1.82, 2.24) is 0 Å². The van der Waals surface area contributed by atoms with E-state index in [1.54, 1.807) is 6.07 Å². The molecule has 2 aromatic carbocycles. The molecule has 0 aromatic heterocycles. The summed E-state index contributed by atoms with van der Waals surface area (Å²) in [6, 6.07) is 11.4. The minimum Gasteiger partial charge on any atom is -0.633 e. The highest BCUT2D eigenvalue weighted by Gasteiger charge is 2.26. The van der Waals surface area contributed by atoms with Gasteiger partial charge in [-0.25, -0.2) is 0 Å². The van der Waals surface area contributed by atoms with E-state index in [0.29, 0.717) is 55.8 Å². The lowest BCUT2D eigenvalue weighted by Gasteiger charge is -2.49. The molecule has 0 unspecified atom stereocenters. The normalized spacial score (nSPS) is 17.8. The fourth-order valence-electron chi connectivity index (χ4n) is 4.16. The van der Waals surface area contributed by atoms with Gasteiger partial charge in [-0.2, -0.15) is 0 Å². The third-order valence-electron chi connectivity index (χ3n) is 6.03. The maximum atomic E-state index is 13.0. The number of anilines is 2.